The number of aryl methyl sites for hydroxylation is 2. The minimum absolute atomic E-state index is 0.121. The van der Waals surface area contributed by atoms with Crippen LogP contribution in [0.3, 0.4) is 0 Å². The first-order valence-electron chi connectivity index (χ1n) is 11.8. The first-order valence-corrected chi connectivity index (χ1v) is 14.5. The summed E-state index contributed by atoms with van der Waals surface area (Å²) >= 11 is 6.92. The molecule has 4 aromatic rings. The number of hydrogen-bond donors (Lipinski definition) is 3. The zero-order valence-corrected chi connectivity index (χ0v) is 23.5. The van der Waals surface area contributed by atoms with Gasteiger partial charge in [-0.15, -0.1) is 11.3 Å². The lowest BCUT2D eigenvalue weighted by Crippen LogP contribution is -2.20. The molecule has 0 unspecified atom stereocenters. The van der Waals surface area contributed by atoms with Crippen LogP contribution in [-0.2, 0) is 14.8 Å². The topological polar surface area (TPSA) is 96.5 Å². The number of hydrogen-bond acceptors (Lipinski definition) is 6. The molecule has 0 saturated carbocycles. The van der Waals surface area contributed by atoms with Crippen molar-refractivity contribution in [2.45, 2.75) is 25.7 Å². The normalized spacial score (nSPS) is 11.0. The second-order valence-electron chi connectivity index (χ2n) is 8.35. The summed E-state index contributed by atoms with van der Waals surface area (Å²) in [6.07, 6.45) is 0. The highest BCUT2D eigenvalue weighted by atomic mass is 32.2. The van der Waals surface area contributed by atoms with Gasteiger partial charge in [-0.3, -0.25) is 4.72 Å². The van der Waals surface area contributed by atoms with Crippen molar-refractivity contribution >= 4 is 61.0 Å². The monoisotopic (exact) mass is 565 g/mol. The largest absolute Gasteiger partial charge is 0.462 e. The van der Waals surface area contributed by atoms with E-state index in [1.54, 1.807) is 31.2 Å². The highest BCUT2D eigenvalue weighted by molar-refractivity contribution is 7.92. The van der Waals surface area contributed by atoms with E-state index in [0.717, 1.165) is 21.6 Å². The number of rotatable bonds is 8. The standard InChI is InChI=1S/C28H27N3O4S3/c1-4-35-27(32)25-24(20-11-6-5-7-12-20)19(3)37-26(25)30-28(36)29-21-14-16-22(17-15-21)38(33,34)31-23-13-9-8-10-18(23)2/h5-17,31H,4H2,1-3H3,(H2,29,30,36). The molecule has 1 heterocycles. The Balaban J connectivity index is 1.52. The number of para-hydroxylation sites is 1. The lowest BCUT2D eigenvalue weighted by molar-refractivity contribution is 0.0529. The van der Waals surface area contributed by atoms with Crippen molar-refractivity contribution in [2.75, 3.05) is 22.0 Å². The van der Waals surface area contributed by atoms with E-state index >= 15 is 0 Å². The van der Waals surface area contributed by atoms with Crippen molar-refractivity contribution in [3.8, 4) is 11.1 Å². The van der Waals surface area contributed by atoms with Gasteiger partial charge in [-0.2, -0.15) is 0 Å². The number of esters is 1. The molecule has 0 atom stereocenters. The summed E-state index contributed by atoms with van der Waals surface area (Å²) in [4.78, 5) is 14.0. The fraction of sp³-hybridized carbons (Fsp3) is 0.143. The van der Waals surface area contributed by atoms with E-state index in [4.69, 9.17) is 17.0 Å². The Hall–Kier alpha value is -3.73. The Kier molecular flexibility index (Phi) is 8.45. The third-order valence-corrected chi connectivity index (χ3v) is 8.27. The third-order valence-electron chi connectivity index (χ3n) is 5.67. The van der Waals surface area contributed by atoms with Gasteiger partial charge in [0.15, 0.2) is 5.11 Å². The molecular formula is C28H27N3O4S3. The molecule has 0 spiro atoms. The average molecular weight is 566 g/mol. The maximum atomic E-state index is 12.9. The number of nitrogens with one attached hydrogen (secondary N) is 3. The number of thiophene rings is 1. The van der Waals surface area contributed by atoms with E-state index in [-0.39, 0.29) is 16.6 Å². The van der Waals surface area contributed by atoms with Crippen LogP contribution in [0.4, 0.5) is 16.4 Å². The van der Waals surface area contributed by atoms with Gasteiger partial charge in [0.2, 0.25) is 0 Å². The molecule has 0 aliphatic heterocycles. The minimum Gasteiger partial charge on any atom is -0.462 e. The summed E-state index contributed by atoms with van der Waals surface area (Å²) in [5, 5.41) is 7.00. The smallest absolute Gasteiger partial charge is 0.341 e. The summed E-state index contributed by atoms with van der Waals surface area (Å²) in [5.41, 5.74) is 4.08. The predicted octanol–water partition coefficient (Wildman–Crippen LogP) is 6.82. The Bertz CT molecular complexity index is 1560. The minimum atomic E-state index is -3.75. The lowest BCUT2D eigenvalue weighted by atomic mass is 10.0. The van der Waals surface area contributed by atoms with Gasteiger partial charge in [0.1, 0.15) is 10.6 Å². The zero-order chi connectivity index (χ0) is 27.3. The highest BCUT2D eigenvalue weighted by Gasteiger charge is 2.25. The molecule has 0 amide bonds. The predicted molar refractivity (Wildman–Crippen MR) is 159 cm³/mol. The van der Waals surface area contributed by atoms with Gasteiger partial charge in [0.25, 0.3) is 10.0 Å². The van der Waals surface area contributed by atoms with Crippen LogP contribution in [0.25, 0.3) is 11.1 Å². The second kappa shape index (κ2) is 11.8. The van der Waals surface area contributed by atoms with Crippen LogP contribution < -0.4 is 15.4 Å². The Morgan fingerprint density at radius 1 is 0.921 bits per heavy atom. The lowest BCUT2D eigenvalue weighted by Gasteiger charge is -2.13. The van der Waals surface area contributed by atoms with Gasteiger partial charge < -0.3 is 15.4 Å². The number of anilines is 3. The van der Waals surface area contributed by atoms with E-state index in [1.807, 2.05) is 56.3 Å². The van der Waals surface area contributed by atoms with Crippen molar-refractivity contribution in [1.82, 2.24) is 0 Å². The third kappa shape index (κ3) is 6.21. The van der Waals surface area contributed by atoms with Gasteiger partial charge in [0.05, 0.1) is 17.2 Å². The van der Waals surface area contributed by atoms with Gasteiger partial charge in [-0.05, 0) is 74.4 Å². The Morgan fingerprint density at radius 3 is 2.24 bits per heavy atom. The quantitative estimate of drug-likeness (QED) is 0.159. The number of ether oxygens (including phenoxy) is 1. The summed E-state index contributed by atoms with van der Waals surface area (Å²) in [7, 11) is -3.75. The summed E-state index contributed by atoms with van der Waals surface area (Å²) in [6.45, 7) is 5.79. The van der Waals surface area contributed by atoms with Crippen molar-refractivity contribution in [2.24, 2.45) is 0 Å². The fourth-order valence-corrected chi connectivity index (χ4v) is 6.34. The summed E-state index contributed by atoms with van der Waals surface area (Å²) < 4.78 is 33.6. The average Bonchev–Trinajstić information content (AvgIpc) is 3.21. The molecule has 0 fully saturated rings. The number of sulfonamides is 1. The fourth-order valence-electron chi connectivity index (χ4n) is 3.86. The number of carbonyl (C=O) groups excluding carboxylic acids is 1. The van der Waals surface area contributed by atoms with Crippen LogP contribution >= 0.6 is 23.6 Å². The highest BCUT2D eigenvalue weighted by Crippen LogP contribution is 2.40. The first kappa shape index (κ1) is 27.3. The van der Waals surface area contributed by atoms with Crippen LogP contribution in [0.2, 0.25) is 0 Å². The van der Waals surface area contributed by atoms with Crippen LogP contribution in [0.15, 0.2) is 83.8 Å². The molecule has 1 aromatic heterocycles. The molecule has 3 aromatic carbocycles. The van der Waals surface area contributed by atoms with Crippen molar-refractivity contribution in [3.05, 3.63) is 94.9 Å². The van der Waals surface area contributed by atoms with Gasteiger partial charge in [0, 0.05) is 16.1 Å². The summed E-state index contributed by atoms with van der Waals surface area (Å²) in [6, 6.07) is 23.1. The SMILES string of the molecule is CCOC(=O)c1c(NC(=S)Nc2ccc(S(=O)(=O)Nc3ccccc3C)cc2)sc(C)c1-c1ccccc1. The van der Waals surface area contributed by atoms with Crippen LogP contribution in [0, 0.1) is 13.8 Å². The maximum Gasteiger partial charge on any atom is 0.341 e. The molecule has 0 radical (unpaired) electrons. The molecule has 10 heteroatoms. The Labute approximate surface area is 231 Å². The zero-order valence-electron chi connectivity index (χ0n) is 21.1. The molecular weight excluding hydrogens is 539 g/mol. The molecule has 38 heavy (non-hydrogen) atoms. The van der Waals surface area contributed by atoms with Crippen molar-refractivity contribution < 1.29 is 17.9 Å². The summed E-state index contributed by atoms with van der Waals surface area (Å²) in [5.74, 6) is -0.434. The molecule has 7 nitrogen and oxygen atoms in total. The molecule has 0 aliphatic carbocycles. The van der Waals surface area contributed by atoms with Crippen molar-refractivity contribution in [1.29, 1.82) is 0 Å². The van der Waals surface area contributed by atoms with Crippen molar-refractivity contribution in [3.63, 3.8) is 0 Å². The van der Waals surface area contributed by atoms with Crippen LogP contribution in [0.1, 0.15) is 27.7 Å². The molecule has 196 valence electrons. The molecule has 0 aliphatic rings. The van der Waals surface area contributed by atoms with E-state index in [2.05, 4.69) is 15.4 Å². The van der Waals surface area contributed by atoms with E-state index in [0.29, 0.717) is 21.9 Å². The van der Waals surface area contributed by atoms with Gasteiger partial charge in [-0.25, -0.2) is 13.2 Å². The maximum absolute atomic E-state index is 12.9. The van der Waals surface area contributed by atoms with Gasteiger partial charge >= 0.3 is 5.97 Å². The number of carbonyl (C=O) groups is 1. The molecule has 0 saturated heterocycles. The van der Waals surface area contributed by atoms with E-state index in [9.17, 15) is 13.2 Å². The van der Waals surface area contributed by atoms with Crippen LogP contribution in [-0.4, -0.2) is 26.1 Å². The Morgan fingerprint density at radius 2 is 1.58 bits per heavy atom. The first-order chi connectivity index (χ1) is 18.2. The molecule has 0 bridgehead atoms. The van der Waals surface area contributed by atoms with E-state index in [1.165, 1.54) is 23.5 Å². The van der Waals surface area contributed by atoms with Crippen LogP contribution in [0.5, 0.6) is 0 Å². The van der Waals surface area contributed by atoms with E-state index < -0.39 is 16.0 Å². The van der Waals surface area contributed by atoms with Gasteiger partial charge in [-0.1, -0.05) is 48.5 Å². The molecule has 4 rings (SSSR count). The molecule has 3 N–H and O–H groups in total. The second-order valence-corrected chi connectivity index (χ2v) is 11.7. The number of benzene rings is 3. The number of thiocarbonyl (C=S) groups is 1.